The summed E-state index contributed by atoms with van der Waals surface area (Å²) in [7, 11) is 3.37. The van der Waals surface area contributed by atoms with Gasteiger partial charge < -0.3 is 14.5 Å². The molecule has 0 atom stereocenters. The van der Waals surface area contributed by atoms with Gasteiger partial charge in [0.15, 0.2) is 0 Å². The molecule has 0 unspecified atom stereocenters. The maximum Gasteiger partial charge on any atom is 0.330 e. The molecule has 1 aromatic rings. The molecule has 0 aliphatic heterocycles. The van der Waals surface area contributed by atoms with E-state index < -0.39 is 11.2 Å². The van der Waals surface area contributed by atoms with E-state index in [2.05, 4.69) is 13.8 Å². The third-order valence-electron chi connectivity index (χ3n) is 3.51. The molecule has 0 aliphatic rings. The second-order valence-corrected chi connectivity index (χ2v) is 8.00. The summed E-state index contributed by atoms with van der Waals surface area (Å²) in [6.07, 6.45) is 0. The van der Waals surface area contributed by atoms with Crippen LogP contribution in [0.15, 0.2) is 23.1 Å². The fourth-order valence-corrected chi connectivity index (χ4v) is 2.45. The predicted molar refractivity (Wildman–Crippen MR) is 90.8 cm³/mol. The zero-order chi connectivity index (χ0) is 16.3. The summed E-state index contributed by atoms with van der Waals surface area (Å²) in [6.45, 7) is 11.5. The molecule has 0 saturated heterocycles. The molecule has 0 amide bonds. The maximum atomic E-state index is 10.1. The van der Waals surface area contributed by atoms with Crippen molar-refractivity contribution in [3.8, 4) is 5.75 Å². The zero-order valence-corrected chi connectivity index (χ0v) is 14.9. The standard InChI is InChI=1S/C16H26BO3S/c1-11(2)21-14-10-12(8-9-13(14)19-7)17-20-16(5,6)15(3,4)18/h8-11,18H,1-7H3. The lowest BCUT2D eigenvalue weighted by atomic mass is 9.82. The highest BCUT2D eigenvalue weighted by molar-refractivity contribution is 8.00. The Kier molecular flexibility index (Phi) is 6.20. The molecule has 117 valence electrons. The van der Waals surface area contributed by atoms with E-state index in [1.807, 2.05) is 32.0 Å². The highest BCUT2D eigenvalue weighted by atomic mass is 32.2. The second kappa shape index (κ2) is 7.08. The molecule has 0 fully saturated rings. The third kappa shape index (κ3) is 5.24. The average molecular weight is 309 g/mol. The number of ether oxygens (including phenoxy) is 1. The Morgan fingerprint density at radius 1 is 1.19 bits per heavy atom. The van der Waals surface area contributed by atoms with Crippen molar-refractivity contribution in [3.63, 3.8) is 0 Å². The molecule has 0 aromatic heterocycles. The molecule has 1 radical (unpaired) electrons. The number of thioether (sulfide) groups is 1. The Bertz CT molecular complexity index is 467. The number of hydrogen-bond donors (Lipinski definition) is 1. The highest BCUT2D eigenvalue weighted by Crippen LogP contribution is 2.31. The van der Waals surface area contributed by atoms with Crippen molar-refractivity contribution in [2.75, 3.05) is 7.11 Å². The van der Waals surface area contributed by atoms with E-state index in [0.717, 1.165) is 16.1 Å². The van der Waals surface area contributed by atoms with Gasteiger partial charge in [-0.2, -0.15) is 0 Å². The summed E-state index contributed by atoms with van der Waals surface area (Å²) in [5, 5.41) is 10.6. The molecular formula is C16H26BO3S. The first-order valence-corrected chi connectivity index (χ1v) is 8.03. The number of hydrogen-bond acceptors (Lipinski definition) is 4. The fourth-order valence-electron chi connectivity index (χ4n) is 1.47. The minimum absolute atomic E-state index is 0.475. The average Bonchev–Trinajstić information content (AvgIpc) is 2.34. The largest absolute Gasteiger partial charge is 0.496 e. The highest BCUT2D eigenvalue weighted by Gasteiger charge is 2.35. The first-order chi connectivity index (χ1) is 9.56. The van der Waals surface area contributed by atoms with E-state index in [4.69, 9.17) is 9.39 Å². The van der Waals surface area contributed by atoms with Crippen molar-refractivity contribution in [2.45, 2.75) is 62.9 Å². The minimum atomic E-state index is -0.925. The van der Waals surface area contributed by atoms with Gasteiger partial charge in [-0.25, -0.2) is 0 Å². The van der Waals surface area contributed by atoms with E-state index in [0.29, 0.717) is 5.25 Å². The molecule has 5 heteroatoms. The summed E-state index contributed by atoms with van der Waals surface area (Å²) in [5.74, 6) is 0.868. The molecule has 0 aliphatic carbocycles. The lowest BCUT2D eigenvalue weighted by molar-refractivity contribution is -0.0893. The van der Waals surface area contributed by atoms with Gasteiger partial charge in [0.05, 0.1) is 18.3 Å². The SMILES string of the molecule is COc1ccc([B]OC(C)(C)C(C)(C)O)cc1SC(C)C. The van der Waals surface area contributed by atoms with Gasteiger partial charge >= 0.3 is 7.48 Å². The monoisotopic (exact) mass is 309 g/mol. The first-order valence-electron chi connectivity index (χ1n) is 7.15. The second-order valence-electron chi connectivity index (χ2n) is 6.38. The van der Waals surface area contributed by atoms with Crippen LogP contribution in [0.3, 0.4) is 0 Å². The van der Waals surface area contributed by atoms with Crippen molar-refractivity contribution >= 4 is 24.7 Å². The van der Waals surface area contributed by atoms with E-state index in [1.165, 1.54) is 0 Å². The molecule has 21 heavy (non-hydrogen) atoms. The van der Waals surface area contributed by atoms with Crippen LogP contribution in [-0.2, 0) is 4.65 Å². The molecule has 1 rings (SSSR count). The summed E-state index contributed by atoms with van der Waals surface area (Å²) in [6, 6.07) is 5.94. The molecule has 1 aromatic carbocycles. The van der Waals surface area contributed by atoms with Gasteiger partial charge in [0, 0.05) is 10.1 Å². The first kappa shape index (κ1) is 18.4. The summed E-state index contributed by atoms with van der Waals surface area (Å²) in [4.78, 5) is 1.09. The summed E-state index contributed by atoms with van der Waals surface area (Å²) >= 11 is 1.75. The lowest BCUT2D eigenvalue weighted by Gasteiger charge is -2.37. The van der Waals surface area contributed by atoms with Crippen LogP contribution >= 0.6 is 11.8 Å². The number of methoxy groups -OCH3 is 1. The molecule has 0 bridgehead atoms. The van der Waals surface area contributed by atoms with Crippen LogP contribution in [0, 0.1) is 0 Å². The van der Waals surface area contributed by atoms with Crippen LogP contribution in [0.2, 0.25) is 0 Å². The Labute approximate surface area is 133 Å². The lowest BCUT2D eigenvalue weighted by Crippen LogP contribution is -2.49. The van der Waals surface area contributed by atoms with Gasteiger partial charge in [-0.1, -0.05) is 25.4 Å². The predicted octanol–water partition coefficient (Wildman–Crippen LogP) is 3.01. The van der Waals surface area contributed by atoms with Crippen molar-refractivity contribution in [2.24, 2.45) is 0 Å². The Hall–Kier alpha value is -0.645. The van der Waals surface area contributed by atoms with Crippen LogP contribution in [0.25, 0.3) is 0 Å². The fraction of sp³-hybridized carbons (Fsp3) is 0.625. The molecular weight excluding hydrogens is 283 g/mol. The van der Waals surface area contributed by atoms with Gasteiger partial charge in [0.1, 0.15) is 5.75 Å². The van der Waals surface area contributed by atoms with E-state index in [1.54, 1.807) is 40.2 Å². The Balaban J connectivity index is 2.85. The Morgan fingerprint density at radius 2 is 1.81 bits per heavy atom. The number of aliphatic hydroxyl groups is 1. The Morgan fingerprint density at radius 3 is 2.29 bits per heavy atom. The normalized spacial score (nSPS) is 12.6. The maximum absolute atomic E-state index is 10.1. The third-order valence-corrected chi connectivity index (χ3v) is 4.56. The van der Waals surface area contributed by atoms with Crippen molar-refractivity contribution in [3.05, 3.63) is 18.2 Å². The van der Waals surface area contributed by atoms with E-state index in [-0.39, 0.29) is 0 Å². The number of rotatable bonds is 7. The van der Waals surface area contributed by atoms with Crippen LogP contribution in [0.5, 0.6) is 5.75 Å². The molecule has 0 heterocycles. The smallest absolute Gasteiger partial charge is 0.330 e. The van der Waals surface area contributed by atoms with Crippen LogP contribution in [0.4, 0.5) is 0 Å². The molecule has 0 saturated carbocycles. The molecule has 1 N–H and O–H groups in total. The zero-order valence-electron chi connectivity index (χ0n) is 14.1. The topological polar surface area (TPSA) is 38.7 Å². The molecule has 0 spiro atoms. The minimum Gasteiger partial charge on any atom is -0.496 e. The van der Waals surface area contributed by atoms with Crippen LogP contribution in [-0.4, -0.2) is 36.2 Å². The van der Waals surface area contributed by atoms with Crippen LogP contribution in [0.1, 0.15) is 41.5 Å². The van der Waals surface area contributed by atoms with Gasteiger partial charge in [-0.15, -0.1) is 11.8 Å². The molecule has 3 nitrogen and oxygen atoms in total. The van der Waals surface area contributed by atoms with Crippen molar-refractivity contribution < 1.29 is 14.5 Å². The van der Waals surface area contributed by atoms with E-state index in [9.17, 15) is 5.11 Å². The van der Waals surface area contributed by atoms with Crippen molar-refractivity contribution in [1.82, 2.24) is 0 Å². The van der Waals surface area contributed by atoms with Crippen molar-refractivity contribution in [1.29, 1.82) is 0 Å². The summed E-state index contributed by atoms with van der Waals surface area (Å²) in [5.41, 5.74) is -0.639. The van der Waals surface area contributed by atoms with Crippen LogP contribution < -0.4 is 10.2 Å². The van der Waals surface area contributed by atoms with Gasteiger partial charge in [0.2, 0.25) is 0 Å². The van der Waals surface area contributed by atoms with Gasteiger partial charge in [-0.3, -0.25) is 0 Å². The van der Waals surface area contributed by atoms with Gasteiger partial charge in [0.25, 0.3) is 0 Å². The summed E-state index contributed by atoms with van der Waals surface area (Å²) < 4.78 is 11.2. The number of benzene rings is 1. The van der Waals surface area contributed by atoms with Gasteiger partial charge in [-0.05, 0) is 39.8 Å². The quantitative estimate of drug-likeness (QED) is 0.621. The van der Waals surface area contributed by atoms with E-state index >= 15 is 0 Å².